The van der Waals surface area contributed by atoms with Gasteiger partial charge in [-0.2, -0.15) is 0 Å². The zero-order valence-corrected chi connectivity index (χ0v) is 11.8. The molecule has 0 aromatic heterocycles. The van der Waals surface area contributed by atoms with Crippen LogP contribution < -0.4 is 5.32 Å². The summed E-state index contributed by atoms with van der Waals surface area (Å²) in [5.41, 5.74) is 2.15. The van der Waals surface area contributed by atoms with Crippen molar-refractivity contribution in [2.24, 2.45) is 11.8 Å². The highest BCUT2D eigenvalue weighted by Crippen LogP contribution is 2.44. The van der Waals surface area contributed by atoms with Crippen LogP contribution in [-0.2, 0) is 0 Å². The maximum Gasteiger partial charge on any atom is 0.0781 e. The first-order valence-electron chi connectivity index (χ1n) is 7.77. The maximum atomic E-state index is 9.84. The number of aliphatic hydroxyl groups excluding tert-OH is 1. The van der Waals surface area contributed by atoms with Crippen molar-refractivity contribution in [1.29, 1.82) is 0 Å². The Hall–Kier alpha value is -1.02. The van der Waals surface area contributed by atoms with E-state index in [0.29, 0.717) is 6.04 Å². The highest BCUT2D eigenvalue weighted by Gasteiger charge is 2.34. The molecule has 1 aromatic carbocycles. The summed E-state index contributed by atoms with van der Waals surface area (Å²) in [4.78, 5) is 0. The SMILES string of the molecule is CC(O)c1ccccc1NC1CCCC(C2CC2)C1. The topological polar surface area (TPSA) is 32.3 Å². The molecular weight excluding hydrogens is 234 g/mol. The molecule has 2 aliphatic carbocycles. The van der Waals surface area contributed by atoms with Crippen molar-refractivity contribution in [2.75, 3.05) is 5.32 Å². The first-order chi connectivity index (χ1) is 9.24. The summed E-state index contributed by atoms with van der Waals surface area (Å²) in [7, 11) is 0. The van der Waals surface area contributed by atoms with Gasteiger partial charge in [0.2, 0.25) is 0 Å². The van der Waals surface area contributed by atoms with Gasteiger partial charge in [-0.3, -0.25) is 0 Å². The first kappa shape index (κ1) is 13.0. The Morgan fingerprint density at radius 2 is 1.89 bits per heavy atom. The summed E-state index contributed by atoms with van der Waals surface area (Å²) in [5.74, 6) is 1.97. The van der Waals surface area contributed by atoms with Gasteiger partial charge in [0, 0.05) is 17.3 Å². The largest absolute Gasteiger partial charge is 0.389 e. The summed E-state index contributed by atoms with van der Waals surface area (Å²) in [6, 6.07) is 8.77. The molecule has 0 saturated heterocycles. The maximum absolute atomic E-state index is 9.84. The average Bonchev–Trinajstić information content (AvgIpc) is 3.24. The molecule has 0 heterocycles. The minimum absolute atomic E-state index is 0.397. The molecule has 2 fully saturated rings. The van der Waals surface area contributed by atoms with E-state index in [0.717, 1.165) is 23.1 Å². The molecule has 1 aromatic rings. The van der Waals surface area contributed by atoms with Gasteiger partial charge in [0.15, 0.2) is 0 Å². The fourth-order valence-electron chi connectivity index (χ4n) is 3.57. The van der Waals surface area contributed by atoms with Crippen LogP contribution in [0.5, 0.6) is 0 Å². The van der Waals surface area contributed by atoms with Gasteiger partial charge in [0.05, 0.1) is 6.10 Å². The van der Waals surface area contributed by atoms with Crippen molar-refractivity contribution in [3.05, 3.63) is 29.8 Å². The normalized spacial score (nSPS) is 28.9. The van der Waals surface area contributed by atoms with Crippen molar-refractivity contribution in [3.8, 4) is 0 Å². The highest BCUT2D eigenvalue weighted by atomic mass is 16.3. The Kier molecular flexibility index (Phi) is 3.79. The van der Waals surface area contributed by atoms with E-state index < -0.39 is 6.10 Å². The van der Waals surface area contributed by atoms with Crippen molar-refractivity contribution in [2.45, 2.75) is 57.6 Å². The third-order valence-corrected chi connectivity index (χ3v) is 4.77. The molecule has 3 unspecified atom stereocenters. The number of nitrogens with one attached hydrogen (secondary N) is 1. The number of aliphatic hydroxyl groups is 1. The molecule has 0 aliphatic heterocycles. The lowest BCUT2D eigenvalue weighted by molar-refractivity contribution is 0.199. The number of para-hydroxylation sites is 1. The van der Waals surface area contributed by atoms with Gasteiger partial charge in [-0.15, -0.1) is 0 Å². The van der Waals surface area contributed by atoms with Crippen molar-refractivity contribution in [1.82, 2.24) is 0 Å². The first-order valence-corrected chi connectivity index (χ1v) is 7.77. The lowest BCUT2D eigenvalue weighted by Crippen LogP contribution is -2.28. The predicted octanol–water partition coefficient (Wildman–Crippen LogP) is 4.12. The van der Waals surface area contributed by atoms with E-state index in [1.165, 1.54) is 38.5 Å². The van der Waals surface area contributed by atoms with E-state index in [-0.39, 0.29) is 0 Å². The van der Waals surface area contributed by atoms with Crippen LogP contribution in [0.2, 0.25) is 0 Å². The van der Waals surface area contributed by atoms with E-state index in [1.54, 1.807) is 0 Å². The van der Waals surface area contributed by atoms with Crippen LogP contribution in [0.3, 0.4) is 0 Å². The fraction of sp³-hybridized carbons (Fsp3) is 0.647. The van der Waals surface area contributed by atoms with Gasteiger partial charge < -0.3 is 10.4 Å². The highest BCUT2D eigenvalue weighted by molar-refractivity contribution is 5.52. The minimum atomic E-state index is -0.397. The van der Waals surface area contributed by atoms with Gasteiger partial charge in [-0.25, -0.2) is 0 Å². The van der Waals surface area contributed by atoms with Crippen LogP contribution in [0.25, 0.3) is 0 Å². The third kappa shape index (κ3) is 3.11. The van der Waals surface area contributed by atoms with Gasteiger partial charge in [0.1, 0.15) is 0 Å². The second kappa shape index (κ2) is 5.54. The Balaban J connectivity index is 1.67. The lowest BCUT2D eigenvalue weighted by atomic mass is 9.82. The second-order valence-corrected chi connectivity index (χ2v) is 6.37. The minimum Gasteiger partial charge on any atom is -0.389 e. The molecular formula is C17H25NO. The Morgan fingerprint density at radius 3 is 2.63 bits per heavy atom. The molecule has 0 spiro atoms. The van der Waals surface area contributed by atoms with Crippen LogP contribution >= 0.6 is 0 Å². The van der Waals surface area contributed by atoms with Crippen molar-refractivity contribution in [3.63, 3.8) is 0 Å². The molecule has 2 nitrogen and oxygen atoms in total. The molecule has 0 bridgehead atoms. The summed E-state index contributed by atoms with van der Waals surface area (Å²) >= 11 is 0. The Morgan fingerprint density at radius 1 is 1.11 bits per heavy atom. The molecule has 2 N–H and O–H groups in total. The zero-order chi connectivity index (χ0) is 13.2. The van der Waals surface area contributed by atoms with Crippen LogP contribution in [0.1, 0.15) is 57.1 Å². The van der Waals surface area contributed by atoms with E-state index in [2.05, 4.69) is 17.4 Å². The summed E-state index contributed by atoms with van der Waals surface area (Å²) in [6.07, 6.45) is 7.90. The van der Waals surface area contributed by atoms with Crippen LogP contribution in [0, 0.1) is 11.8 Å². The number of hydrogen-bond acceptors (Lipinski definition) is 2. The van der Waals surface area contributed by atoms with Crippen LogP contribution in [0.4, 0.5) is 5.69 Å². The molecule has 0 radical (unpaired) electrons. The smallest absolute Gasteiger partial charge is 0.0781 e. The van der Waals surface area contributed by atoms with Crippen molar-refractivity contribution >= 4 is 5.69 Å². The molecule has 3 rings (SSSR count). The van der Waals surface area contributed by atoms with Gasteiger partial charge in [-0.1, -0.05) is 31.0 Å². The van der Waals surface area contributed by atoms with E-state index in [1.807, 2.05) is 19.1 Å². The third-order valence-electron chi connectivity index (χ3n) is 4.77. The molecule has 104 valence electrons. The Bertz CT molecular complexity index is 425. The van der Waals surface area contributed by atoms with E-state index >= 15 is 0 Å². The van der Waals surface area contributed by atoms with Crippen LogP contribution in [-0.4, -0.2) is 11.1 Å². The summed E-state index contributed by atoms with van der Waals surface area (Å²) in [5, 5.41) is 13.5. The van der Waals surface area contributed by atoms with Crippen molar-refractivity contribution < 1.29 is 5.11 Å². The molecule has 2 saturated carbocycles. The predicted molar refractivity (Wildman–Crippen MR) is 79.2 cm³/mol. The summed E-state index contributed by atoms with van der Waals surface area (Å²) in [6.45, 7) is 1.84. The Labute approximate surface area is 116 Å². The second-order valence-electron chi connectivity index (χ2n) is 6.37. The fourth-order valence-corrected chi connectivity index (χ4v) is 3.57. The number of benzene rings is 1. The molecule has 0 amide bonds. The number of anilines is 1. The number of rotatable bonds is 4. The van der Waals surface area contributed by atoms with Crippen LogP contribution in [0.15, 0.2) is 24.3 Å². The monoisotopic (exact) mass is 259 g/mol. The quantitative estimate of drug-likeness (QED) is 0.852. The standard InChI is InChI=1S/C17H25NO/c1-12(19)16-7-2-3-8-17(16)18-15-6-4-5-14(11-15)13-9-10-13/h2-3,7-8,12-15,18-19H,4-6,9-11H2,1H3. The zero-order valence-electron chi connectivity index (χ0n) is 11.8. The average molecular weight is 259 g/mol. The van der Waals surface area contributed by atoms with E-state index in [9.17, 15) is 5.11 Å². The lowest BCUT2D eigenvalue weighted by Gasteiger charge is -2.31. The molecule has 2 heteroatoms. The molecule has 19 heavy (non-hydrogen) atoms. The van der Waals surface area contributed by atoms with Gasteiger partial charge in [0.25, 0.3) is 0 Å². The van der Waals surface area contributed by atoms with Gasteiger partial charge >= 0.3 is 0 Å². The van der Waals surface area contributed by atoms with E-state index in [4.69, 9.17) is 0 Å². The summed E-state index contributed by atoms with van der Waals surface area (Å²) < 4.78 is 0. The molecule has 3 atom stereocenters. The number of hydrogen-bond donors (Lipinski definition) is 2. The van der Waals surface area contributed by atoms with Gasteiger partial charge in [-0.05, 0) is 50.5 Å². The molecule has 2 aliphatic rings.